The highest BCUT2D eigenvalue weighted by atomic mass is 16.6. The Kier molecular flexibility index (Phi) is 5.16. The third kappa shape index (κ3) is 4.75. The number of benzene rings is 1. The van der Waals surface area contributed by atoms with Gasteiger partial charge >= 0.3 is 12.1 Å². The van der Waals surface area contributed by atoms with Crippen molar-refractivity contribution in [2.24, 2.45) is 0 Å². The number of ether oxygens (including phenoxy) is 2. The molecule has 6 heteroatoms. The highest BCUT2D eigenvalue weighted by molar-refractivity contribution is 5.70. The molecule has 0 unspecified atom stereocenters. The van der Waals surface area contributed by atoms with Crippen LogP contribution in [0, 0.1) is 0 Å². The van der Waals surface area contributed by atoms with Gasteiger partial charge in [-0.15, -0.1) is 0 Å². The number of likely N-dealkylation sites (N-methyl/N-ethyl adjacent to an activating group) is 1. The van der Waals surface area contributed by atoms with E-state index in [0.717, 1.165) is 18.7 Å². The van der Waals surface area contributed by atoms with Crippen LogP contribution < -0.4 is 4.74 Å². The van der Waals surface area contributed by atoms with E-state index in [2.05, 4.69) is 4.90 Å². The van der Waals surface area contributed by atoms with Gasteiger partial charge in [-0.1, -0.05) is 12.1 Å². The predicted molar refractivity (Wildman–Crippen MR) is 77.0 cm³/mol. The zero-order chi connectivity index (χ0) is 15.2. The van der Waals surface area contributed by atoms with Crippen LogP contribution >= 0.6 is 0 Å². The summed E-state index contributed by atoms with van der Waals surface area (Å²) in [7, 11) is 2.03. The average Bonchev–Trinajstić information content (AvgIpc) is 2.47. The van der Waals surface area contributed by atoms with Crippen molar-refractivity contribution in [2.45, 2.75) is 13.5 Å². The fourth-order valence-electron chi connectivity index (χ4n) is 1.99. The van der Waals surface area contributed by atoms with Crippen molar-refractivity contribution in [2.75, 3.05) is 33.2 Å². The number of carbonyl (C=O) groups excluding carboxylic acids is 2. The van der Waals surface area contributed by atoms with Crippen LogP contribution in [0.1, 0.15) is 12.5 Å². The van der Waals surface area contributed by atoms with Gasteiger partial charge in [-0.2, -0.15) is 0 Å². The molecule has 0 radical (unpaired) electrons. The molecule has 0 aromatic heterocycles. The smallest absolute Gasteiger partial charge is 0.415 e. The Morgan fingerprint density at radius 2 is 1.71 bits per heavy atom. The molecule has 6 nitrogen and oxygen atoms in total. The van der Waals surface area contributed by atoms with Crippen LogP contribution in [0.5, 0.6) is 5.75 Å². The van der Waals surface area contributed by atoms with Crippen LogP contribution in [0.4, 0.5) is 4.79 Å². The number of hydrogen-bond acceptors (Lipinski definition) is 5. The minimum Gasteiger partial charge on any atom is -0.461 e. The Balaban J connectivity index is 1.85. The van der Waals surface area contributed by atoms with Gasteiger partial charge in [0.15, 0.2) is 0 Å². The Bertz CT molecular complexity index is 493. The SMILES string of the molecule is CC(=O)OCc1ccc(OC(=O)N2CCN(C)CC2)cc1. The largest absolute Gasteiger partial charge is 0.461 e. The lowest BCUT2D eigenvalue weighted by Crippen LogP contribution is -2.48. The van der Waals surface area contributed by atoms with E-state index in [1.165, 1.54) is 6.92 Å². The van der Waals surface area contributed by atoms with E-state index >= 15 is 0 Å². The summed E-state index contributed by atoms with van der Waals surface area (Å²) >= 11 is 0. The second kappa shape index (κ2) is 7.08. The van der Waals surface area contributed by atoms with Crippen molar-refractivity contribution in [3.8, 4) is 5.75 Å². The molecule has 0 saturated carbocycles. The van der Waals surface area contributed by atoms with Crippen molar-refractivity contribution in [3.63, 3.8) is 0 Å². The maximum Gasteiger partial charge on any atom is 0.415 e. The minimum atomic E-state index is -0.323. The number of hydrogen-bond donors (Lipinski definition) is 0. The quantitative estimate of drug-likeness (QED) is 0.790. The second-order valence-corrected chi connectivity index (χ2v) is 5.08. The summed E-state index contributed by atoms with van der Waals surface area (Å²) in [5.41, 5.74) is 0.851. The van der Waals surface area contributed by atoms with Crippen LogP contribution in [0.25, 0.3) is 0 Å². The molecule has 0 N–H and O–H groups in total. The number of carbonyl (C=O) groups is 2. The normalized spacial score (nSPS) is 15.6. The number of esters is 1. The van der Waals surface area contributed by atoms with Crippen LogP contribution in [-0.2, 0) is 16.1 Å². The lowest BCUT2D eigenvalue weighted by molar-refractivity contribution is -0.142. The lowest BCUT2D eigenvalue weighted by atomic mass is 10.2. The molecule has 1 amide bonds. The first-order valence-corrected chi connectivity index (χ1v) is 6.92. The van der Waals surface area contributed by atoms with Gasteiger partial charge in [0.05, 0.1) is 0 Å². The van der Waals surface area contributed by atoms with Crippen molar-refractivity contribution in [1.82, 2.24) is 9.80 Å². The number of rotatable bonds is 3. The third-order valence-corrected chi connectivity index (χ3v) is 3.33. The van der Waals surface area contributed by atoms with Gasteiger partial charge in [0.1, 0.15) is 12.4 Å². The van der Waals surface area contributed by atoms with Crippen LogP contribution in [-0.4, -0.2) is 55.1 Å². The van der Waals surface area contributed by atoms with Gasteiger partial charge in [-0.3, -0.25) is 4.79 Å². The molecule has 0 aliphatic carbocycles. The lowest BCUT2D eigenvalue weighted by Gasteiger charge is -2.31. The summed E-state index contributed by atoms with van der Waals surface area (Å²) in [5, 5.41) is 0. The summed E-state index contributed by atoms with van der Waals surface area (Å²) in [6.07, 6.45) is -0.323. The molecular formula is C15H20N2O4. The topological polar surface area (TPSA) is 59.1 Å². The molecule has 21 heavy (non-hydrogen) atoms. The minimum absolute atomic E-state index is 0.224. The van der Waals surface area contributed by atoms with Gasteiger partial charge in [0, 0.05) is 33.1 Å². The molecule has 0 atom stereocenters. The summed E-state index contributed by atoms with van der Waals surface area (Å²) in [4.78, 5) is 26.6. The molecule has 1 saturated heterocycles. The highest BCUT2D eigenvalue weighted by Gasteiger charge is 2.20. The Morgan fingerprint density at radius 3 is 2.29 bits per heavy atom. The molecule has 114 valence electrons. The van der Waals surface area contributed by atoms with E-state index in [9.17, 15) is 9.59 Å². The van der Waals surface area contributed by atoms with E-state index < -0.39 is 0 Å². The molecule has 1 heterocycles. The maximum absolute atomic E-state index is 12.0. The van der Waals surface area contributed by atoms with Gasteiger partial charge < -0.3 is 19.3 Å². The fourth-order valence-corrected chi connectivity index (χ4v) is 1.99. The van der Waals surface area contributed by atoms with Crippen LogP contribution in [0.15, 0.2) is 24.3 Å². The van der Waals surface area contributed by atoms with Gasteiger partial charge in [0.2, 0.25) is 0 Å². The highest BCUT2D eigenvalue weighted by Crippen LogP contribution is 2.14. The summed E-state index contributed by atoms with van der Waals surface area (Å²) in [6, 6.07) is 6.95. The first-order chi connectivity index (χ1) is 10.0. The van der Waals surface area contributed by atoms with E-state index in [1.54, 1.807) is 29.2 Å². The number of amides is 1. The van der Waals surface area contributed by atoms with Gasteiger partial charge in [-0.25, -0.2) is 4.79 Å². The van der Waals surface area contributed by atoms with Crippen molar-refractivity contribution < 1.29 is 19.1 Å². The molecule has 1 aromatic rings. The summed E-state index contributed by atoms with van der Waals surface area (Å²) in [6.45, 7) is 4.67. The van der Waals surface area contributed by atoms with E-state index in [1.807, 2.05) is 7.05 Å². The monoisotopic (exact) mass is 292 g/mol. The van der Waals surface area contributed by atoms with Crippen LogP contribution in [0.2, 0.25) is 0 Å². The molecule has 0 bridgehead atoms. The number of piperazine rings is 1. The van der Waals surface area contributed by atoms with Crippen LogP contribution in [0.3, 0.4) is 0 Å². The fraction of sp³-hybridized carbons (Fsp3) is 0.467. The van der Waals surface area contributed by atoms with Crippen molar-refractivity contribution in [1.29, 1.82) is 0 Å². The first kappa shape index (κ1) is 15.3. The zero-order valence-electron chi connectivity index (χ0n) is 12.4. The zero-order valence-corrected chi connectivity index (χ0v) is 12.4. The first-order valence-electron chi connectivity index (χ1n) is 6.92. The average molecular weight is 292 g/mol. The Hall–Kier alpha value is -2.08. The van der Waals surface area contributed by atoms with E-state index in [4.69, 9.17) is 9.47 Å². The molecule has 1 aromatic carbocycles. The van der Waals surface area contributed by atoms with E-state index in [-0.39, 0.29) is 18.7 Å². The molecule has 1 fully saturated rings. The third-order valence-electron chi connectivity index (χ3n) is 3.33. The second-order valence-electron chi connectivity index (χ2n) is 5.08. The molecule has 0 spiro atoms. The molecular weight excluding hydrogens is 272 g/mol. The molecule has 1 aliphatic rings. The standard InChI is InChI=1S/C15H20N2O4/c1-12(18)20-11-13-3-5-14(6-4-13)21-15(19)17-9-7-16(2)8-10-17/h3-6H,7-11H2,1-2H3. The van der Waals surface area contributed by atoms with Crippen molar-refractivity contribution >= 4 is 12.1 Å². The summed E-state index contributed by atoms with van der Waals surface area (Å²) in [5.74, 6) is 0.172. The maximum atomic E-state index is 12.0. The summed E-state index contributed by atoms with van der Waals surface area (Å²) < 4.78 is 10.2. The Morgan fingerprint density at radius 1 is 1.10 bits per heavy atom. The van der Waals surface area contributed by atoms with E-state index in [0.29, 0.717) is 18.8 Å². The molecule has 1 aliphatic heterocycles. The van der Waals surface area contributed by atoms with Gasteiger partial charge in [-0.05, 0) is 24.7 Å². The van der Waals surface area contributed by atoms with Crippen molar-refractivity contribution in [3.05, 3.63) is 29.8 Å². The Labute approximate surface area is 124 Å². The number of nitrogens with zero attached hydrogens (tertiary/aromatic N) is 2. The molecule has 2 rings (SSSR count). The van der Waals surface area contributed by atoms with Gasteiger partial charge in [0.25, 0.3) is 0 Å². The predicted octanol–water partition coefficient (Wildman–Crippen LogP) is 1.50.